The fourth-order valence-corrected chi connectivity index (χ4v) is 4.04. The van der Waals surface area contributed by atoms with Gasteiger partial charge >= 0.3 is 0 Å². The van der Waals surface area contributed by atoms with E-state index in [9.17, 15) is 9.59 Å². The van der Waals surface area contributed by atoms with Crippen LogP contribution in [0, 0.1) is 0 Å². The van der Waals surface area contributed by atoms with Crippen LogP contribution in [0.25, 0.3) is 5.57 Å². The summed E-state index contributed by atoms with van der Waals surface area (Å²) in [7, 11) is 0. The summed E-state index contributed by atoms with van der Waals surface area (Å²) in [6.45, 7) is 3.33. The lowest BCUT2D eigenvalue weighted by atomic mass is 9.95. The number of imide groups is 1. The Morgan fingerprint density at radius 1 is 0.964 bits per heavy atom. The summed E-state index contributed by atoms with van der Waals surface area (Å²) in [6, 6.07) is 13.6. The van der Waals surface area contributed by atoms with E-state index in [1.165, 1.54) is 37.9 Å². The number of amides is 2. The lowest BCUT2D eigenvalue weighted by molar-refractivity contribution is -0.114. The van der Waals surface area contributed by atoms with Gasteiger partial charge in [-0.3, -0.25) is 19.8 Å². The molecule has 2 aliphatic heterocycles. The van der Waals surface area contributed by atoms with Gasteiger partial charge in [0.2, 0.25) is 0 Å². The van der Waals surface area contributed by atoms with Gasteiger partial charge in [-0.25, -0.2) is 0 Å². The minimum absolute atomic E-state index is 0.369. The number of nitrogens with zero attached hydrogens (tertiary/aromatic N) is 1. The highest BCUT2D eigenvalue weighted by molar-refractivity contribution is 9.10. The topological polar surface area (TPSA) is 61.4 Å². The molecule has 2 heterocycles. The Balaban J connectivity index is 1.49. The average Bonchev–Trinajstić information content (AvgIpc) is 2.69. The van der Waals surface area contributed by atoms with Crippen molar-refractivity contribution < 1.29 is 9.59 Å². The summed E-state index contributed by atoms with van der Waals surface area (Å²) in [6.07, 6.45) is 5.57. The third-order valence-electron chi connectivity index (χ3n) is 5.18. The summed E-state index contributed by atoms with van der Waals surface area (Å²) in [4.78, 5) is 26.8. The zero-order chi connectivity index (χ0) is 19.5. The Morgan fingerprint density at radius 3 is 2.46 bits per heavy atom. The van der Waals surface area contributed by atoms with Crippen LogP contribution < -0.4 is 10.6 Å². The Labute approximate surface area is 172 Å². The summed E-state index contributed by atoms with van der Waals surface area (Å²) in [5.41, 5.74) is 3.74. The number of rotatable bonds is 4. The first-order valence-electron chi connectivity index (χ1n) is 9.54. The van der Waals surface area contributed by atoms with Gasteiger partial charge in [-0.1, -0.05) is 34.5 Å². The Hall–Kier alpha value is -2.44. The largest absolute Gasteiger partial charge is 0.361 e. The van der Waals surface area contributed by atoms with Crippen molar-refractivity contribution in [2.24, 2.45) is 0 Å². The number of likely N-dealkylation sites (tertiary alicyclic amines) is 1. The third kappa shape index (κ3) is 4.18. The predicted octanol–water partition coefficient (Wildman–Crippen LogP) is 4.16. The Morgan fingerprint density at radius 2 is 1.71 bits per heavy atom. The van der Waals surface area contributed by atoms with E-state index in [2.05, 4.69) is 43.6 Å². The van der Waals surface area contributed by atoms with Gasteiger partial charge in [0.15, 0.2) is 0 Å². The Kier molecular flexibility index (Phi) is 5.59. The summed E-state index contributed by atoms with van der Waals surface area (Å²) in [5, 5.41) is 5.58. The van der Waals surface area contributed by atoms with Gasteiger partial charge in [0.05, 0.1) is 5.57 Å². The second-order valence-electron chi connectivity index (χ2n) is 7.21. The molecule has 2 N–H and O–H groups in total. The van der Waals surface area contributed by atoms with Crippen LogP contribution in [0.5, 0.6) is 0 Å². The van der Waals surface area contributed by atoms with Crippen LogP contribution >= 0.6 is 15.9 Å². The van der Waals surface area contributed by atoms with Crippen LogP contribution in [0.1, 0.15) is 40.7 Å². The molecule has 0 aliphatic carbocycles. The van der Waals surface area contributed by atoms with Crippen molar-refractivity contribution in [2.45, 2.75) is 25.8 Å². The zero-order valence-corrected chi connectivity index (χ0v) is 17.1. The lowest BCUT2D eigenvalue weighted by Gasteiger charge is -2.26. The maximum absolute atomic E-state index is 12.3. The van der Waals surface area contributed by atoms with E-state index in [1.807, 2.05) is 12.1 Å². The average molecular weight is 440 g/mol. The van der Waals surface area contributed by atoms with Gasteiger partial charge in [-0.15, -0.1) is 0 Å². The monoisotopic (exact) mass is 439 g/mol. The van der Waals surface area contributed by atoms with Crippen molar-refractivity contribution in [3.63, 3.8) is 0 Å². The second kappa shape index (κ2) is 8.29. The standard InChI is InChI=1S/C22H22BrN3O2/c23-16-6-9-18-19(12-16)20(22(28)25-21(18)27)13-24-17-7-4-15(5-8-17)14-26-10-2-1-3-11-26/h4-9,12-13,24H,1-3,10-11,14H2,(H,25,27,28)/b20-13+. The van der Waals surface area contributed by atoms with E-state index in [1.54, 1.807) is 24.4 Å². The fraction of sp³-hybridized carbons (Fsp3) is 0.273. The molecule has 0 spiro atoms. The predicted molar refractivity (Wildman–Crippen MR) is 114 cm³/mol. The number of fused-ring (bicyclic) bond motifs is 1. The molecule has 144 valence electrons. The van der Waals surface area contributed by atoms with E-state index in [4.69, 9.17) is 0 Å². The smallest absolute Gasteiger partial charge is 0.260 e. The first-order valence-corrected chi connectivity index (χ1v) is 10.3. The van der Waals surface area contributed by atoms with Crippen molar-refractivity contribution in [1.82, 2.24) is 10.2 Å². The number of carbonyl (C=O) groups excluding carboxylic acids is 2. The van der Waals surface area contributed by atoms with Crippen LogP contribution in [0.4, 0.5) is 5.69 Å². The maximum Gasteiger partial charge on any atom is 0.260 e. The summed E-state index contributed by atoms with van der Waals surface area (Å²) in [5.74, 6) is -0.767. The van der Waals surface area contributed by atoms with Crippen LogP contribution in [-0.2, 0) is 11.3 Å². The fourth-order valence-electron chi connectivity index (χ4n) is 3.68. The van der Waals surface area contributed by atoms with E-state index in [0.29, 0.717) is 16.7 Å². The SMILES string of the molecule is O=C1NC(=O)c2ccc(Br)cc2/C1=C\Nc1ccc(CN2CCCCC2)cc1. The molecule has 0 atom stereocenters. The van der Waals surface area contributed by atoms with Crippen LogP contribution in [0.15, 0.2) is 53.1 Å². The van der Waals surface area contributed by atoms with Crippen molar-refractivity contribution in [2.75, 3.05) is 18.4 Å². The molecule has 4 rings (SSSR count). The molecule has 1 fully saturated rings. The van der Waals surface area contributed by atoms with E-state index >= 15 is 0 Å². The number of nitrogens with one attached hydrogen (secondary N) is 2. The highest BCUT2D eigenvalue weighted by atomic mass is 79.9. The molecular weight excluding hydrogens is 418 g/mol. The number of halogens is 1. The third-order valence-corrected chi connectivity index (χ3v) is 5.67. The van der Waals surface area contributed by atoms with Crippen LogP contribution in [0.2, 0.25) is 0 Å². The maximum atomic E-state index is 12.3. The molecule has 2 aliphatic rings. The number of piperidine rings is 1. The second-order valence-corrected chi connectivity index (χ2v) is 8.12. The van der Waals surface area contributed by atoms with Crippen molar-refractivity contribution in [1.29, 1.82) is 0 Å². The van der Waals surface area contributed by atoms with E-state index < -0.39 is 5.91 Å². The summed E-state index contributed by atoms with van der Waals surface area (Å²) < 4.78 is 0.821. The molecule has 5 nitrogen and oxygen atoms in total. The highest BCUT2D eigenvalue weighted by Gasteiger charge is 2.27. The lowest BCUT2D eigenvalue weighted by Crippen LogP contribution is -2.36. The molecule has 0 saturated carbocycles. The number of benzene rings is 2. The normalized spacial score (nSPS) is 18.7. The van der Waals surface area contributed by atoms with Gasteiger partial charge in [0.1, 0.15) is 0 Å². The van der Waals surface area contributed by atoms with Gasteiger partial charge in [-0.2, -0.15) is 0 Å². The van der Waals surface area contributed by atoms with E-state index in [-0.39, 0.29) is 5.91 Å². The highest BCUT2D eigenvalue weighted by Crippen LogP contribution is 2.27. The van der Waals surface area contributed by atoms with Crippen LogP contribution in [0.3, 0.4) is 0 Å². The number of hydrogen-bond donors (Lipinski definition) is 2. The van der Waals surface area contributed by atoms with Gasteiger partial charge in [-0.05, 0) is 61.8 Å². The molecule has 0 bridgehead atoms. The van der Waals surface area contributed by atoms with Gasteiger partial charge in [0, 0.05) is 34.0 Å². The van der Waals surface area contributed by atoms with E-state index in [0.717, 1.165) is 16.7 Å². The number of carbonyl (C=O) groups is 2. The first kappa shape index (κ1) is 18.9. The molecule has 2 amide bonds. The minimum Gasteiger partial charge on any atom is -0.361 e. The molecular formula is C22H22BrN3O2. The molecule has 28 heavy (non-hydrogen) atoms. The van der Waals surface area contributed by atoms with Gasteiger partial charge < -0.3 is 5.32 Å². The van der Waals surface area contributed by atoms with Crippen molar-refractivity contribution >= 4 is 39.0 Å². The molecule has 2 aromatic carbocycles. The van der Waals surface area contributed by atoms with Crippen molar-refractivity contribution in [3.05, 3.63) is 69.8 Å². The number of anilines is 1. The minimum atomic E-state index is -0.398. The molecule has 1 saturated heterocycles. The zero-order valence-electron chi connectivity index (χ0n) is 15.5. The Bertz CT molecular complexity index is 931. The quantitative estimate of drug-likeness (QED) is 0.554. The first-order chi connectivity index (χ1) is 13.6. The summed E-state index contributed by atoms with van der Waals surface area (Å²) >= 11 is 3.41. The molecule has 2 aromatic rings. The molecule has 0 radical (unpaired) electrons. The van der Waals surface area contributed by atoms with Gasteiger partial charge in [0.25, 0.3) is 11.8 Å². The number of hydrogen-bond acceptors (Lipinski definition) is 4. The molecule has 0 unspecified atom stereocenters. The molecule has 0 aromatic heterocycles. The molecule has 6 heteroatoms. The van der Waals surface area contributed by atoms with Crippen molar-refractivity contribution in [3.8, 4) is 0 Å². The van der Waals surface area contributed by atoms with Crippen LogP contribution in [-0.4, -0.2) is 29.8 Å².